The lowest BCUT2D eigenvalue weighted by Crippen LogP contribution is -2.37. The van der Waals surface area contributed by atoms with Gasteiger partial charge in [-0.2, -0.15) is 0 Å². The van der Waals surface area contributed by atoms with E-state index in [9.17, 15) is 14.7 Å². The molecule has 1 saturated heterocycles. The molecule has 6 nitrogen and oxygen atoms in total. The summed E-state index contributed by atoms with van der Waals surface area (Å²) in [5.74, 6) is -0.568. The number of nitrogens with zero attached hydrogens (tertiary/aromatic N) is 1. The molecular weight excluding hydrogens is 320 g/mol. The van der Waals surface area contributed by atoms with E-state index in [4.69, 9.17) is 16.3 Å². The van der Waals surface area contributed by atoms with Gasteiger partial charge in [-0.3, -0.25) is 0 Å². The van der Waals surface area contributed by atoms with Crippen LogP contribution in [0.15, 0.2) is 18.2 Å². The number of urea groups is 1. The highest BCUT2D eigenvalue weighted by Crippen LogP contribution is 2.24. The number of rotatable bonds is 2. The first-order chi connectivity index (χ1) is 10.8. The lowest BCUT2D eigenvalue weighted by molar-refractivity contribution is 0.0458. The number of carbonyl (C=O) groups is 2. The van der Waals surface area contributed by atoms with E-state index in [0.717, 1.165) is 6.42 Å². The second kappa shape index (κ2) is 7.19. The van der Waals surface area contributed by atoms with E-state index in [1.807, 2.05) is 0 Å². The van der Waals surface area contributed by atoms with Crippen LogP contribution in [-0.4, -0.2) is 47.8 Å². The van der Waals surface area contributed by atoms with Gasteiger partial charge in [-0.15, -0.1) is 0 Å². The van der Waals surface area contributed by atoms with Crippen molar-refractivity contribution < 1.29 is 19.4 Å². The predicted molar refractivity (Wildman–Crippen MR) is 87.9 cm³/mol. The average molecular weight is 341 g/mol. The minimum Gasteiger partial charge on any atom is -0.465 e. The van der Waals surface area contributed by atoms with Crippen LogP contribution < -0.4 is 5.32 Å². The zero-order valence-corrected chi connectivity index (χ0v) is 14.0. The van der Waals surface area contributed by atoms with Crippen molar-refractivity contribution in [3.05, 3.63) is 28.8 Å². The summed E-state index contributed by atoms with van der Waals surface area (Å²) in [5, 5.41) is 13.2. The van der Waals surface area contributed by atoms with Crippen molar-refractivity contribution in [2.24, 2.45) is 0 Å². The van der Waals surface area contributed by atoms with Crippen LogP contribution in [0.2, 0.25) is 5.02 Å². The van der Waals surface area contributed by atoms with E-state index in [1.54, 1.807) is 24.0 Å². The first kappa shape index (κ1) is 17.6. The molecule has 0 spiro atoms. The fourth-order valence-electron chi connectivity index (χ4n) is 2.57. The minimum atomic E-state index is -0.744. The zero-order chi connectivity index (χ0) is 17.0. The molecule has 1 fully saturated rings. The Morgan fingerprint density at radius 2 is 2.09 bits per heavy atom. The lowest BCUT2D eigenvalue weighted by atomic mass is 9.98. The van der Waals surface area contributed by atoms with Crippen LogP contribution in [0.5, 0.6) is 0 Å². The standard InChI is InChI=1S/C16H21ClN2O4/c1-16(22)6-3-8-19(9-7-16)15(21)18-13-5-4-11(17)10-12(13)14(20)23-2/h4-5,10,22H,3,6-9H2,1-2H3,(H,18,21)/t16-/m1/s1. The van der Waals surface area contributed by atoms with Crippen LogP contribution in [0.3, 0.4) is 0 Å². The molecule has 1 aliphatic heterocycles. The smallest absolute Gasteiger partial charge is 0.340 e. The third-order valence-corrected chi connectivity index (χ3v) is 4.21. The molecular formula is C16H21ClN2O4. The summed E-state index contributed by atoms with van der Waals surface area (Å²) in [7, 11) is 1.27. The van der Waals surface area contributed by atoms with E-state index in [1.165, 1.54) is 13.2 Å². The summed E-state index contributed by atoms with van der Waals surface area (Å²) in [5.41, 5.74) is -0.190. The van der Waals surface area contributed by atoms with Crippen LogP contribution in [0.1, 0.15) is 36.5 Å². The molecule has 1 aromatic rings. The second-order valence-corrected chi connectivity index (χ2v) is 6.39. The molecule has 2 rings (SSSR count). The molecule has 0 aliphatic carbocycles. The number of hydrogen-bond donors (Lipinski definition) is 2. The quantitative estimate of drug-likeness (QED) is 0.811. The van der Waals surface area contributed by atoms with Crippen molar-refractivity contribution in [3.63, 3.8) is 0 Å². The fraction of sp³-hybridized carbons (Fsp3) is 0.500. The molecule has 126 valence electrons. The number of amides is 2. The molecule has 0 unspecified atom stereocenters. The lowest BCUT2D eigenvalue weighted by Gasteiger charge is -2.23. The predicted octanol–water partition coefficient (Wildman–Crippen LogP) is 2.90. The Kier molecular flexibility index (Phi) is 5.49. The van der Waals surface area contributed by atoms with Gasteiger partial charge in [-0.1, -0.05) is 11.6 Å². The highest BCUT2D eigenvalue weighted by Gasteiger charge is 2.27. The van der Waals surface area contributed by atoms with Crippen molar-refractivity contribution in [2.45, 2.75) is 31.8 Å². The van der Waals surface area contributed by atoms with Crippen LogP contribution in [0, 0.1) is 0 Å². The summed E-state index contributed by atoms with van der Waals surface area (Å²) < 4.78 is 4.71. The van der Waals surface area contributed by atoms with Gasteiger partial charge in [0.1, 0.15) is 0 Å². The van der Waals surface area contributed by atoms with E-state index in [2.05, 4.69) is 5.32 Å². The van der Waals surface area contributed by atoms with Gasteiger partial charge in [-0.05, 0) is 44.4 Å². The second-order valence-electron chi connectivity index (χ2n) is 5.95. The Morgan fingerprint density at radius 3 is 2.78 bits per heavy atom. The van der Waals surface area contributed by atoms with E-state index in [0.29, 0.717) is 36.6 Å². The summed E-state index contributed by atoms with van der Waals surface area (Å²) in [4.78, 5) is 25.9. The Morgan fingerprint density at radius 1 is 1.35 bits per heavy atom. The molecule has 7 heteroatoms. The number of esters is 1. The van der Waals surface area contributed by atoms with Gasteiger partial charge >= 0.3 is 12.0 Å². The maximum atomic E-state index is 12.4. The van der Waals surface area contributed by atoms with Crippen molar-refractivity contribution in [2.75, 3.05) is 25.5 Å². The van der Waals surface area contributed by atoms with Crippen LogP contribution in [0.4, 0.5) is 10.5 Å². The maximum absolute atomic E-state index is 12.4. The van der Waals surface area contributed by atoms with Crippen LogP contribution in [0.25, 0.3) is 0 Å². The highest BCUT2D eigenvalue weighted by atomic mass is 35.5. The molecule has 1 aliphatic rings. The Hall–Kier alpha value is -1.79. The Labute approximate surface area is 140 Å². The van der Waals surface area contributed by atoms with Gasteiger partial charge in [0.15, 0.2) is 0 Å². The minimum absolute atomic E-state index is 0.204. The number of likely N-dealkylation sites (tertiary alicyclic amines) is 1. The number of anilines is 1. The fourth-order valence-corrected chi connectivity index (χ4v) is 2.74. The summed E-state index contributed by atoms with van der Waals surface area (Å²) in [6.45, 7) is 2.80. The Balaban J connectivity index is 2.12. The number of carbonyl (C=O) groups excluding carboxylic acids is 2. The third-order valence-electron chi connectivity index (χ3n) is 3.98. The zero-order valence-electron chi connectivity index (χ0n) is 13.3. The van der Waals surface area contributed by atoms with Crippen LogP contribution >= 0.6 is 11.6 Å². The number of aliphatic hydroxyl groups is 1. The summed E-state index contributed by atoms with van der Waals surface area (Å²) >= 11 is 5.90. The number of halogens is 1. The van der Waals surface area contributed by atoms with E-state index in [-0.39, 0.29) is 11.6 Å². The SMILES string of the molecule is COC(=O)c1cc(Cl)ccc1NC(=O)N1CCC[C@@](C)(O)CC1. The van der Waals surface area contributed by atoms with Gasteiger partial charge in [0, 0.05) is 18.1 Å². The normalized spacial score (nSPS) is 21.5. The molecule has 1 aromatic carbocycles. The topological polar surface area (TPSA) is 78.9 Å². The van der Waals surface area contributed by atoms with Gasteiger partial charge in [0.2, 0.25) is 0 Å². The van der Waals surface area contributed by atoms with Crippen molar-refractivity contribution in [1.29, 1.82) is 0 Å². The molecule has 0 radical (unpaired) electrons. The highest BCUT2D eigenvalue weighted by molar-refractivity contribution is 6.31. The molecule has 1 heterocycles. The molecule has 2 amide bonds. The number of nitrogens with one attached hydrogen (secondary N) is 1. The van der Waals surface area contributed by atoms with E-state index < -0.39 is 11.6 Å². The number of ether oxygens (including phenoxy) is 1. The average Bonchev–Trinajstić information content (AvgIpc) is 2.69. The van der Waals surface area contributed by atoms with Crippen molar-refractivity contribution >= 4 is 29.3 Å². The first-order valence-corrected chi connectivity index (χ1v) is 7.86. The van der Waals surface area contributed by atoms with E-state index >= 15 is 0 Å². The van der Waals surface area contributed by atoms with Crippen LogP contribution in [-0.2, 0) is 4.74 Å². The largest absolute Gasteiger partial charge is 0.465 e. The maximum Gasteiger partial charge on any atom is 0.340 e. The van der Waals surface area contributed by atoms with Gasteiger partial charge in [-0.25, -0.2) is 9.59 Å². The van der Waals surface area contributed by atoms with Gasteiger partial charge < -0.3 is 20.1 Å². The first-order valence-electron chi connectivity index (χ1n) is 7.48. The van der Waals surface area contributed by atoms with Crippen molar-refractivity contribution in [3.8, 4) is 0 Å². The third kappa shape index (κ3) is 4.59. The summed E-state index contributed by atoms with van der Waals surface area (Å²) in [6.07, 6.45) is 1.90. The Bertz CT molecular complexity index is 604. The van der Waals surface area contributed by atoms with Crippen molar-refractivity contribution in [1.82, 2.24) is 4.90 Å². The number of hydrogen-bond acceptors (Lipinski definition) is 4. The molecule has 0 bridgehead atoms. The molecule has 23 heavy (non-hydrogen) atoms. The number of methoxy groups -OCH3 is 1. The number of benzene rings is 1. The molecule has 0 saturated carbocycles. The monoisotopic (exact) mass is 340 g/mol. The molecule has 2 N–H and O–H groups in total. The van der Waals surface area contributed by atoms with Gasteiger partial charge in [0.25, 0.3) is 0 Å². The molecule has 0 aromatic heterocycles. The van der Waals surface area contributed by atoms with Gasteiger partial charge in [0.05, 0.1) is 24.0 Å². The molecule has 1 atom stereocenters. The summed E-state index contributed by atoms with van der Waals surface area (Å²) in [6, 6.07) is 4.31.